The number of allylic oxidation sites excluding steroid dienone is 3. The van der Waals surface area contributed by atoms with Crippen molar-refractivity contribution in [3.8, 4) is 0 Å². The smallest absolute Gasteiger partial charge is 0.330 e. The number of rotatable bonds is 11. The van der Waals surface area contributed by atoms with E-state index in [1.807, 2.05) is 13.0 Å². The summed E-state index contributed by atoms with van der Waals surface area (Å²) in [5.41, 5.74) is 0. The highest BCUT2D eigenvalue weighted by molar-refractivity contribution is 5.82. The Balaban J connectivity index is 3.30. The summed E-state index contributed by atoms with van der Waals surface area (Å²) in [4.78, 5) is 11.0. The zero-order chi connectivity index (χ0) is 13.5. The molecule has 0 heterocycles. The first-order valence-electron chi connectivity index (χ1n) is 7.31. The molecule has 0 aliphatic heterocycles. The molecule has 0 spiro atoms. The maximum atomic E-state index is 11.0. The molecule has 0 rings (SSSR count). The lowest BCUT2D eigenvalue weighted by Crippen LogP contribution is -1.98. The third-order valence-corrected chi connectivity index (χ3v) is 2.74. The molecule has 0 amide bonds. The Hall–Kier alpha value is -1.05. The fraction of sp³-hybridized carbons (Fsp3) is 0.688. The minimum atomic E-state index is -0.266. The second-order valence-electron chi connectivity index (χ2n) is 4.45. The van der Waals surface area contributed by atoms with Crippen LogP contribution in [0.15, 0.2) is 24.3 Å². The van der Waals surface area contributed by atoms with Crippen molar-refractivity contribution in [1.82, 2.24) is 0 Å². The number of esters is 1. The summed E-state index contributed by atoms with van der Waals surface area (Å²) in [6, 6.07) is 0. The number of ether oxygens (including phenoxy) is 1. The zero-order valence-electron chi connectivity index (χ0n) is 12.0. The van der Waals surface area contributed by atoms with Crippen molar-refractivity contribution in [2.75, 3.05) is 6.61 Å². The molecule has 0 radical (unpaired) electrons. The summed E-state index contributed by atoms with van der Waals surface area (Å²) >= 11 is 0. The van der Waals surface area contributed by atoms with Gasteiger partial charge in [-0.2, -0.15) is 0 Å². The van der Waals surface area contributed by atoms with Gasteiger partial charge in [0.05, 0.1) is 6.61 Å². The van der Waals surface area contributed by atoms with Crippen molar-refractivity contribution < 1.29 is 9.53 Å². The van der Waals surface area contributed by atoms with Crippen LogP contribution < -0.4 is 0 Å². The molecule has 18 heavy (non-hydrogen) atoms. The first kappa shape index (κ1) is 16.9. The van der Waals surface area contributed by atoms with Crippen LogP contribution in [0.1, 0.15) is 65.2 Å². The van der Waals surface area contributed by atoms with Crippen LogP contribution in [0.2, 0.25) is 0 Å². The van der Waals surface area contributed by atoms with Gasteiger partial charge in [0, 0.05) is 6.08 Å². The van der Waals surface area contributed by atoms with Gasteiger partial charge in [-0.25, -0.2) is 4.79 Å². The molecule has 0 aromatic carbocycles. The fourth-order valence-electron chi connectivity index (χ4n) is 1.72. The Morgan fingerprint density at radius 2 is 1.61 bits per heavy atom. The number of unbranched alkanes of at least 4 members (excludes halogenated alkanes) is 7. The molecule has 0 saturated carbocycles. The average Bonchev–Trinajstić information content (AvgIpc) is 2.36. The first-order chi connectivity index (χ1) is 8.81. The molecule has 104 valence electrons. The van der Waals surface area contributed by atoms with Gasteiger partial charge in [-0.15, -0.1) is 0 Å². The monoisotopic (exact) mass is 252 g/mol. The summed E-state index contributed by atoms with van der Waals surface area (Å²) in [6.07, 6.45) is 17.7. The van der Waals surface area contributed by atoms with Gasteiger partial charge in [0.2, 0.25) is 0 Å². The van der Waals surface area contributed by atoms with E-state index < -0.39 is 0 Å². The van der Waals surface area contributed by atoms with Gasteiger partial charge >= 0.3 is 5.97 Å². The number of carbonyl (C=O) groups excluding carboxylic acids is 1. The van der Waals surface area contributed by atoms with Crippen LogP contribution in [-0.4, -0.2) is 12.6 Å². The molecule has 0 fully saturated rings. The third kappa shape index (κ3) is 13.0. The van der Waals surface area contributed by atoms with Gasteiger partial charge in [0.15, 0.2) is 0 Å². The van der Waals surface area contributed by atoms with Crippen molar-refractivity contribution in [3.63, 3.8) is 0 Å². The maximum absolute atomic E-state index is 11.0. The van der Waals surface area contributed by atoms with E-state index in [0.29, 0.717) is 6.61 Å². The van der Waals surface area contributed by atoms with E-state index in [9.17, 15) is 4.79 Å². The van der Waals surface area contributed by atoms with Crippen LogP contribution in [0, 0.1) is 0 Å². The van der Waals surface area contributed by atoms with E-state index in [1.54, 1.807) is 6.08 Å². The van der Waals surface area contributed by atoms with Crippen molar-refractivity contribution in [1.29, 1.82) is 0 Å². The van der Waals surface area contributed by atoms with Gasteiger partial charge < -0.3 is 4.74 Å². The van der Waals surface area contributed by atoms with Gasteiger partial charge in [0.1, 0.15) is 0 Å². The summed E-state index contributed by atoms with van der Waals surface area (Å²) in [6.45, 7) is 4.49. The van der Waals surface area contributed by atoms with Gasteiger partial charge in [-0.1, -0.05) is 63.7 Å². The SMILES string of the molecule is CCCCCCCCC/C=C\C=C\C(=O)OCC. The molecular formula is C16H28O2. The molecule has 0 aromatic heterocycles. The topological polar surface area (TPSA) is 26.3 Å². The van der Waals surface area contributed by atoms with Crippen molar-refractivity contribution in [2.45, 2.75) is 65.2 Å². The predicted octanol–water partition coefficient (Wildman–Crippen LogP) is 4.80. The quantitative estimate of drug-likeness (QED) is 0.228. The molecule has 0 unspecified atom stereocenters. The highest BCUT2D eigenvalue weighted by Gasteiger charge is 1.90. The maximum Gasteiger partial charge on any atom is 0.330 e. The molecule has 0 aromatic rings. The second-order valence-corrected chi connectivity index (χ2v) is 4.45. The van der Waals surface area contributed by atoms with Crippen LogP contribution in [0.3, 0.4) is 0 Å². The molecule has 2 heteroatoms. The highest BCUT2D eigenvalue weighted by atomic mass is 16.5. The average molecular weight is 252 g/mol. The lowest BCUT2D eigenvalue weighted by atomic mass is 10.1. The number of hydrogen-bond acceptors (Lipinski definition) is 2. The Morgan fingerprint density at radius 1 is 0.944 bits per heavy atom. The van der Waals surface area contributed by atoms with E-state index >= 15 is 0 Å². The molecule has 0 N–H and O–H groups in total. The summed E-state index contributed by atoms with van der Waals surface area (Å²) < 4.78 is 4.77. The predicted molar refractivity (Wildman–Crippen MR) is 77.5 cm³/mol. The number of carbonyl (C=O) groups is 1. The Kier molecular flexibility index (Phi) is 13.2. The highest BCUT2D eigenvalue weighted by Crippen LogP contribution is 2.08. The molecule has 0 atom stereocenters. The molecule has 0 aliphatic carbocycles. The van der Waals surface area contributed by atoms with Crippen molar-refractivity contribution in [3.05, 3.63) is 24.3 Å². The van der Waals surface area contributed by atoms with E-state index in [4.69, 9.17) is 4.74 Å². The van der Waals surface area contributed by atoms with Crippen LogP contribution >= 0.6 is 0 Å². The molecule has 0 saturated heterocycles. The normalized spacial score (nSPS) is 11.4. The Morgan fingerprint density at radius 3 is 2.28 bits per heavy atom. The summed E-state index contributed by atoms with van der Waals surface area (Å²) in [7, 11) is 0. The van der Waals surface area contributed by atoms with Crippen LogP contribution in [-0.2, 0) is 9.53 Å². The Bertz CT molecular complexity index is 241. The van der Waals surface area contributed by atoms with E-state index in [-0.39, 0.29) is 5.97 Å². The van der Waals surface area contributed by atoms with Crippen LogP contribution in [0.4, 0.5) is 0 Å². The van der Waals surface area contributed by atoms with Crippen molar-refractivity contribution >= 4 is 5.97 Å². The zero-order valence-corrected chi connectivity index (χ0v) is 12.0. The summed E-state index contributed by atoms with van der Waals surface area (Å²) in [5, 5.41) is 0. The lowest BCUT2D eigenvalue weighted by Gasteiger charge is -1.98. The second kappa shape index (κ2) is 14.0. The molecule has 0 bridgehead atoms. The van der Waals surface area contributed by atoms with Crippen LogP contribution in [0.25, 0.3) is 0 Å². The van der Waals surface area contributed by atoms with E-state index in [1.165, 1.54) is 51.0 Å². The standard InChI is InChI=1S/C16H28O2/c1-3-5-6-7-8-9-10-11-12-13-14-15-16(17)18-4-2/h12-15H,3-11H2,1-2H3/b13-12-,15-14+. The van der Waals surface area contributed by atoms with Gasteiger partial charge in [0.25, 0.3) is 0 Å². The molecule has 0 aliphatic rings. The third-order valence-electron chi connectivity index (χ3n) is 2.74. The number of hydrogen-bond donors (Lipinski definition) is 0. The molecule has 2 nitrogen and oxygen atoms in total. The fourth-order valence-corrected chi connectivity index (χ4v) is 1.72. The molecular weight excluding hydrogens is 224 g/mol. The van der Waals surface area contributed by atoms with E-state index in [0.717, 1.165) is 6.42 Å². The first-order valence-corrected chi connectivity index (χ1v) is 7.31. The Labute approximate surface area is 112 Å². The largest absolute Gasteiger partial charge is 0.463 e. The van der Waals surface area contributed by atoms with Crippen LogP contribution in [0.5, 0.6) is 0 Å². The minimum absolute atomic E-state index is 0.266. The van der Waals surface area contributed by atoms with Gasteiger partial charge in [-0.3, -0.25) is 0 Å². The minimum Gasteiger partial charge on any atom is -0.463 e. The van der Waals surface area contributed by atoms with Gasteiger partial charge in [-0.05, 0) is 19.8 Å². The lowest BCUT2D eigenvalue weighted by molar-refractivity contribution is -0.137. The van der Waals surface area contributed by atoms with Crippen molar-refractivity contribution in [2.24, 2.45) is 0 Å². The summed E-state index contributed by atoms with van der Waals surface area (Å²) in [5.74, 6) is -0.266. The van der Waals surface area contributed by atoms with E-state index in [2.05, 4.69) is 13.0 Å².